The average molecular weight is 408 g/mol. The summed E-state index contributed by atoms with van der Waals surface area (Å²) in [6.45, 7) is 5.40. The molecule has 2 aromatic carbocycles. The van der Waals surface area contributed by atoms with E-state index in [-0.39, 0.29) is 6.03 Å². The fraction of sp³-hybridized carbons (Fsp3) is 0.333. The summed E-state index contributed by atoms with van der Waals surface area (Å²) in [4.78, 5) is 16.8. The van der Waals surface area contributed by atoms with Gasteiger partial charge in [-0.25, -0.2) is 4.79 Å². The fourth-order valence-corrected chi connectivity index (χ4v) is 3.21. The third-order valence-corrected chi connectivity index (χ3v) is 4.78. The Morgan fingerprint density at radius 2 is 1.97 bits per heavy atom. The number of rotatable bonds is 9. The third kappa shape index (κ3) is 5.86. The summed E-state index contributed by atoms with van der Waals surface area (Å²) >= 11 is 0. The summed E-state index contributed by atoms with van der Waals surface area (Å²) in [7, 11) is 1.61. The number of amides is 2. The van der Waals surface area contributed by atoms with Crippen LogP contribution < -0.4 is 20.1 Å². The summed E-state index contributed by atoms with van der Waals surface area (Å²) in [5.41, 5.74) is 2.57. The number of ether oxygens (including phenoxy) is 2. The van der Waals surface area contributed by atoms with Crippen LogP contribution in [0.5, 0.6) is 11.5 Å². The number of pyridine rings is 1. The topological polar surface area (TPSA) is 72.5 Å². The first-order valence-corrected chi connectivity index (χ1v) is 10.2. The second-order valence-electron chi connectivity index (χ2n) is 7.55. The number of aromatic nitrogens is 1. The zero-order chi connectivity index (χ0) is 21.3. The van der Waals surface area contributed by atoms with E-state index in [9.17, 15) is 4.79 Å². The van der Waals surface area contributed by atoms with Gasteiger partial charge in [-0.05, 0) is 48.6 Å². The van der Waals surface area contributed by atoms with Crippen molar-refractivity contribution >= 4 is 22.6 Å². The van der Waals surface area contributed by atoms with Crippen molar-refractivity contribution in [2.24, 2.45) is 5.92 Å². The van der Waals surface area contributed by atoms with Crippen molar-refractivity contribution < 1.29 is 14.3 Å². The zero-order valence-corrected chi connectivity index (χ0v) is 17.8. The summed E-state index contributed by atoms with van der Waals surface area (Å²) in [5, 5.41) is 6.79. The third-order valence-electron chi connectivity index (χ3n) is 4.78. The first kappa shape index (κ1) is 21.4. The van der Waals surface area contributed by atoms with Crippen molar-refractivity contribution in [1.82, 2.24) is 10.3 Å². The molecule has 2 amide bonds. The van der Waals surface area contributed by atoms with Crippen molar-refractivity contribution in [3.8, 4) is 11.5 Å². The standard InChI is InChI=1S/C24H29N3O3/c1-17(2)7-6-14-30-23-15-19(11-12-22(23)29-3)27-24(28)26-16-18-8-4-10-21-20(18)9-5-13-25-21/h4-5,8-13,15,17H,6-7,14,16H2,1-3H3,(H2,26,27,28). The van der Waals surface area contributed by atoms with Crippen LogP contribution in [0.25, 0.3) is 10.9 Å². The summed E-state index contributed by atoms with van der Waals surface area (Å²) in [6.07, 6.45) is 3.84. The number of nitrogens with zero attached hydrogens (tertiary/aromatic N) is 1. The lowest BCUT2D eigenvalue weighted by Crippen LogP contribution is -2.28. The predicted octanol–water partition coefficient (Wildman–Crippen LogP) is 5.38. The van der Waals surface area contributed by atoms with Crippen LogP contribution in [0.2, 0.25) is 0 Å². The van der Waals surface area contributed by atoms with E-state index in [0.29, 0.717) is 36.3 Å². The number of anilines is 1. The lowest BCUT2D eigenvalue weighted by Gasteiger charge is -2.14. The maximum Gasteiger partial charge on any atom is 0.319 e. The summed E-state index contributed by atoms with van der Waals surface area (Å²) in [5.74, 6) is 1.91. The van der Waals surface area contributed by atoms with Crippen LogP contribution in [0.15, 0.2) is 54.7 Å². The quantitative estimate of drug-likeness (QED) is 0.467. The van der Waals surface area contributed by atoms with Gasteiger partial charge in [0.15, 0.2) is 11.5 Å². The lowest BCUT2D eigenvalue weighted by molar-refractivity contribution is 0.251. The van der Waals surface area contributed by atoms with Crippen LogP contribution in [0.3, 0.4) is 0 Å². The summed E-state index contributed by atoms with van der Waals surface area (Å²) < 4.78 is 11.2. The second-order valence-corrected chi connectivity index (χ2v) is 7.55. The van der Waals surface area contributed by atoms with E-state index in [1.165, 1.54) is 0 Å². The average Bonchev–Trinajstić information content (AvgIpc) is 2.75. The van der Waals surface area contributed by atoms with Gasteiger partial charge in [-0.3, -0.25) is 4.98 Å². The monoisotopic (exact) mass is 407 g/mol. The molecule has 0 aliphatic rings. The van der Waals surface area contributed by atoms with E-state index in [0.717, 1.165) is 29.3 Å². The Labute approximate surface area is 177 Å². The maximum atomic E-state index is 12.4. The van der Waals surface area contributed by atoms with E-state index >= 15 is 0 Å². The molecule has 0 fully saturated rings. The predicted molar refractivity (Wildman–Crippen MR) is 120 cm³/mol. The van der Waals surface area contributed by atoms with Crippen LogP contribution in [-0.4, -0.2) is 24.7 Å². The Morgan fingerprint density at radius 3 is 2.77 bits per heavy atom. The molecule has 1 aromatic heterocycles. The second kappa shape index (κ2) is 10.5. The Kier molecular flexibility index (Phi) is 7.49. The van der Waals surface area contributed by atoms with Crippen molar-refractivity contribution in [2.45, 2.75) is 33.2 Å². The molecule has 6 heteroatoms. The number of methoxy groups -OCH3 is 1. The number of nitrogens with one attached hydrogen (secondary N) is 2. The molecule has 0 unspecified atom stereocenters. The van der Waals surface area contributed by atoms with Crippen LogP contribution in [0, 0.1) is 5.92 Å². The molecule has 0 spiro atoms. The van der Waals surface area contributed by atoms with Gasteiger partial charge in [0.05, 0.1) is 19.2 Å². The molecule has 3 aromatic rings. The van der Waals surface area contributed by atoms with E-state index in [2.05, 4.69) is 29.5 Å². The number of hydrogen-bond acceptors (Lipinski definition) is 4. The number of carbonyl (C=O) groups excluding carboxylic acids is 1. The molecule has 2 N–H and O–H groups in total. The van der Waals surface area contributed by atoms with Crippen molar-refractivity contribution in [3.63, 3.8) is 0 Å². The number of carbonyl (C=O) groups is 1. The molecular formula is C24H29N3O3. The molecule has 0 atom stereocenters. The van der Waals surface area contributed by atoms with Crippen LogP contribution >= 0.6 is 0 Å². The highest BCUT2D eigenvalue weighted by atomic mass is 16.5. The Bertz CT molecular complexity index is 983. The van der Waals surface area contributed by atoms with Gasteiger partial charge in [-0.2, -0.15) is 0 Å². The highest BCUT2D eigenvalue weighted by molar-refractivity contribution is 5.90. The van der Waals surface area contributed by atoms with Gasteiger partial charge in [-0.15, -0.1) is 0 Å². The van der Waals surface area contributed by atoms with E-state index in [1.54, 1.807) is 31.5 Å². The fourth-order valence-electron chi connectivity index (χ4n) is 3.21. The van der Waals surface area contributed by atoms with Crippen molar-refractivity contribution in [1.29, 1.82) is 0 Å². The molecule has 0 saturated carbocycles. The molecular weight excluding hydrogens is 378 g/mol. The largest absolute Gasteiger partial charge is 0.493 e. The molecule has 0 radical (unpaired) electrons. The molecule has 6 nitrogen and oxygen atoms in total. The molecule has 0 bridgehead atoms. The molecule has 1 heterocycles. The van der Waals surface area contributed by atoms with Crippen molar-refractivity contribution in [3.05, 3.63) is 60.3 Å². The first-order chi connectivity index (χ1) is 14.6. The van der Waals surface area contributed by atoms with Gasteiger partial charge in [-0.1, -0.05) is 32.0 Å². The minimum absolute atomic E-state index is 0.285. The summed E-state index contributed by atoms with van der Waals surface area (Å²) in [6, 6.07) is 14.9. The van der Waals surface area contributed by atoms with Crippen molar-refractivity contribution in [2.75, 3.05) is 19.0 Å². The van der Waals surface area contributed by atoms with Gasteiger partial charge >= 0.3 is 6.03 Å². The van der Waals surface area contributed by atoms with E-state index in [1.807, 2.05) is 30.3 Å². The highest BCUT2D eigenvalue weighted by Gasteiger charge is 2.09. The van der Waals surface area contributed by atoms with Gasteiger partial charge in [0.25, 0.3) is 0 Å². The van der Waals surface area contributed by atoms with Gasteiger partial charge < -0.3 is 20.1 Å². The van der Waals surface area contributed by atoms with Gasteiger partial charge in [0, 0.05) is 29.9 Å². The smallest absolute Gasteiger partial charge is 0.319 e. The minimum Gasteiger partial charge on any atom is -0.493 e. The van der Waals surface area contributed by atoms with Crippen LogP contribution in [0.4, 0.5) is 10.5 Å². The first-order valence-electron chi connectivity index (χ1n) is 10.2. The normalized spacial score (nSPS) is 10.8. The van der Waals surface area contributed by atoms with Gasteiger partial charge in [0.1, 0.15) is 0 Å². The lowest BCUT2D eigenvalue weighted by atomic mass is 10.1. The molecule has 30 heavy (non-hydrogen) atoms. The Hall–Kier alpha value is -3.28. The maximum absolute atomic E-state index is 12.4. The van der Waals surface area contributed by atoms with E-state index in [4.69, 9.17) is 9.47 Å². The number of hydrogen-bond donors (Lipinski definition) is 2. The SMILES string of the molecule is COc1ccc(NC(=O)NCc2cccc3ncccc23)cc1OCCCC(C)C. The highest BCUT2D eigenvalue weighted by Crippen LogP contribution is 2.30. The Morgan fingerprint density at radius 1 is 1.10 bits per heavy atom. The number of fused-ring (bicyclic) bond motifs is 1. The number of urea groups is 1. The zero-order valence-electron chi connectivity index (χ0n) is 17.8. The molecule has 3 rings (SSSR count). The number of benzene rings is 2. The Balaban J connectivity index is 1.59. The molecule has 0 aliphatic heterocycles. The molecule has 0 aliphatic carbocycles. The van der Waals surface area contributed by atoms with Gasteiger partial charge in [0.2, 0.25) is 0 Å². The van der Waals surface area contributed by atoms with Crippen LogP contribution in [-0.2, 0) is 6.54 Å². The molecule has 0 saturated heterocycles. The molecule has 158 valence electrons. The minimum atomic E-state index is -0.285. The van der Waals surface area contributed by atoms with Crippen LogP contribution in [0.1, 0.15) is 32.3 Å². The van der Waals surface area contributed by atoms with E-state index < -0.39 is 0 Å².